The molecule has 0 aliphatic rings. The molecule has 0 saturated carbocycles. The Balaban J connectivity index is 1.80. The van der Waals surface area contributed by atoms with Crippen molar-refractivity contribution in [1.82, 2.24) is 10.6 Å². The van der Waals surface area contributed by atoms with Crippen molar-refractivity contribution in [3.63, 3.8) is 0 Å². The molecular formula is C18H22N2O3S. The predicted octanol–water partition coefficient (Wildman–Crippen LogP) is 2.49. The third-order valence-corrected chi connectivity index (χ3v) is 4.68. The summed E-state index contributed by atoms with van der Waals surface area (Å²) < 4.78 is 5.38. The number of benzene rings is 1. The number of methoxy groups -OCH3 is 1. The minimum atomic E-state index is -0.655. The van der Waals surface area contributed by atoms with Gasteiger partial charge in [-0.25, -0.2) is 0 Å². The van der Waals surface area contributed by atoms with Crippen molar-refractivity contribution >= 4 is 23.2 Å². The molecule has 24 heavy (non-hydrogen) atoms. The fourth-order valence-corrected chi connectivity index (χ4v) is 3.12. The molecule has 2 rings (SSSR count). The average Bonchev–Trinajstić information content (AvgIpc) is 3.00. The summed E-state index contributed by atoms with van der Waals surface area (Å²) in [5, 5.41) is 5.23. The van der Waals surface area contributed by atoms with Crippen molar-refractivity contribution < 1.29 is 14.3 Å². The Morgan fingerprint density at radius 1 is 1.04 bits per heavy atom. The van der Waals surface area contributed by atoms with Crippen LogP contribution in [0.25, 0.3) is 0 Å². The molecule has 0 bridgehead atoms. The Morgan fingerprint density at radius 3 is 2.29 bits per heavy atom. The third kappa shape index (κ3) is 5.18. The maximum Gasteiger partial charge on any atom is 0.309 e. The second-order valence-electron chi connectivity index (χ2n) is 5.55. The van der Waals surface area contributed by atoms with Crippen LogP contribution in [-0.4, -0.2) is 25.5 Å². The summed E-state index contributed by atoms with van der Waals surface area (Å²) in [7, 11) is 1.59. The van der Waals surface area contributed by atoms with E-state index in [0.29, 0.717) is 6.54 Å². The van der Waals surface area contributed by atoms with Gasteiger partial charge in [-0.05, 0) is 31.5 Å². The number of hydrogen-bond donors (Lipinski definition) is 2. The summed E-state index contributed by atoms with van der Waals surface area (Å²) in [6.07, 6.45) is -0.252. The second-order valence-corrected chi connectivity index (χ2v) is 6.87. The molecule has 6 heteroatoms. The van der Waals surface area contributed by atoms with E-state index < -0.39 is 11.8 Å². The molecule has 1 aromatic heterocycles. The summed E-state index contributed by atoms with van der Waals surface area (Å²) in [4.78, 5) is 26.0. The first-order chi connectivity index (χ1) is 11.5. The molecule has 2 amide bonds. The minimum Gasteiger partial charge on any atom is -0.374 e. The molecule has 1 atom stereocenters. The van der Waals surface area contributed by atoms with Gasteiger partial charge in [0, 0.05) is 30.0 Å². The average molecular weight is 346 g/mol. The van der Waals surface area contributed by atoms with Gasteiger partial charge in [0.1, 0.15) is 6.10 Å². The van der Waals surface area contributed by atoms with E-state index in [2.05, 4.69) is 10.6 Å². The quantitative estimate of drug-likeness (QED) is 0.790. The molecule has 0 saturated heterocycles. The SMILES string of the molecule is COC(CNC(=O)C(=O)NCc1ccc(C)cc1)c1ccc(C)s1. The lowest BCUT2D eigenvalue weighted by molar-refractivity contribution is -0.139. The number of nitrogens with one attached hydrogen (secondary N) is 2. The topological polar surface area (TPSA) is 67.4 Å². The first-order valence-corrected chi connectivity index (χ1v) is 8.52. The molecule has 2 N–H and O–H groups in total. The number of amides is 2. The van der Waals surface area contributed by atoms with Crippen LogP contribution in [0, 0.1) is 13.8 Å². The van der Waals surface area contributed by atoms with Gasteiger partial charge in [0.25, 0.3) is 0 Å². The lowest BCUT2D eigenvalue weighted by atomic mass is 10.1. The van der Waals surface area contributed by atoms with E-state index in [-0.39, 0.29) is 12.6 Å². The van der Waals surface area contributed by atoms with Crippen molar-refractivity contribution in [3.05, 3.63) is 57.3 Å². The van der Waals surface area contributed by atoms with E-state index in [4.69, 9.17) is 4.74 Å². The molecule has 1 unspecified atom stereocenters. The summed E-state index contributed by atoms with van der Waals surface area (Å²) in [6.45, 7) is 4.59. The standard InChI is InChI=1S/C18H22N2O3S/c1-12-4-7-14(8-5-12)10-19-17(21)18(22)20-11-15(23-3)16-9-6-13(2)24-16/h4-9,15H,10-11H2,1-3H3,(H,19,21)(H,20,22). The van der Waals surface area contributed by atoms with Crippen LogP contribution in [0.1, 0.15) is 27.0 Å². The Morgan fingerprint density at radius 2 is 1.71 bits per heavy atom. The van der Waals surface area contributed by atoms with E-state index in [0.717, 1.165) is 16.0 Å². The maximum absolute atomic E-state index is 11.9. The van der Waals surface area contributed by atoms with Gasteiger partial charge in [0.15, 0.2) is 0 Å². The largest absolute Gasteiger partial charge is 0.374 e. The highest BCUT2D eigenvalue weighted by Gasteiger charge is 2.17. The van der Waals surface area contributed by atoms with Gasteiger partial charge in [-0.15, -0.1) is 11.3 Å². The fraction of sp³-hybridized carbons (Fsp3) is 0.333. The molecule has 5 nitrogen and oxygen atoms in total. The Kier molecular flexibility index (Phi) is 6.52. The number of aryl methyl sites for hydroxylation is 2. The maximum atomic E-state index is 11.9. The van der Waals surface area contributed by atoms with Crippen molar-refractivity contribution in [2.24, 2.45) is 0 Å². The molecule has 0 aliphatic carbocycles. The molecule has 128 valence electrons. The van der Waals surface area contributed by atoms with Crippen LogP contribution >= 0.6 is 11.3 Å². The van der Waals surface area contributed by atoms with Gasteiger partial charge in [-0.1, -0.05) is 29.8 Å². The van der Waals surface area contributed by atoms with Crippen LogP contribution in [0.3, 0.4) is 0 Å². The van der Waals surface area contributed by atoms with Gasteiger partial charge < -0.3 is 15.4 Å². The number of hydrogen-bond acceptors (Lipinski definition) is 4. The molecular weight excluding hydrogens is 324 g/mol. The molecule has 1 aromatic carbocycles. The van der Waals surface area contributed by atoms with Gasteiger partial charge in [-0.3, -0.25) is 9.59 Å². The number of ether oxygens (including phenoxy) is 1. The second kappa shape index (κ2) is 8.61. The van der Waals surface area contributed by atoms with Crippen LogP contribution in [0.4, 0.5) is 0 Å². The predicted molar refractivity (Wildman–Crippen MR) is 94.8 cm³/mol. The van der Waals surface area contributed by atoms with Crippen molar-refractivity contribution in [2.45, 2.75) is 26.5 Å². The smallest absolute Gasteiger partial charge is 0.309 e. The highest BCUT2D eigenvalue weighted by atomic mass is 32.1. The van der Waals surface area contributed by atoms with Gasteiger partial charge >= 0.3 is 11.8 Å². The molecule has 0 fully saturated rings. The van der Waals surface area contributed by atoms with Gasteiger partial charge in [0.05, 0.1) is 0 Å². The number of rotatable bonds is 6. The number of carbonyl (C=O) groups is 2. The van der Waals surface area contributed by atoms with Crippen molar-refractivity contribution in [3.8, 4) is 0 Å². The van der Waals surface area contributed by atoms with Gasteiger partial charge in [-0.2, -0.15) is 0 Å². The Bertz CT molecular complexity index is 695. The molecule has 0 spiro atoms. The zero-order chi connectivity index (χ0) is 17.5. The third-order valence-electron chi connectivity index (χ3n) is 3.59. The zero-order valence-corrected chi connectivity index (χ0v) is 14.9. The minimum absolute atomic E-state index is 0.252. The van der Waals surface area contributed by atoms with Gasteiger partial charge in [0.2, 0.25) is 0 Å². The molecule has 1 heterocycles. The van der Waals surface area contributed by atoms with E-state index >= 15 is 0 Å². The van der Waals surface area contributed by atoms with Crippen LogP contribution in [0.5, 0.6) is 0 Å². The highest BCUT2D eigenvalue weighted by Crippen LogP contribution is 2.24. The van der Waals surface area contributed by atoms with Crippen LogP contribution < -0.4 is 10.6 Å². The number of thiophene rings is 1. The summed E-state index contributed by atoms with van der Waals surface area (Å²) in [6, 6.07) is 11.8. The molecule has 2 aromatic rings. The van der Waals surface area contributed by atoms with Crippen molar-refractivity contribution in [1.29, 1.82) is 0 Å². The highest BCUT2D eigenvalue weighted by molar-refractivity contribution is 7.12. The monoisotopic (exact) mass is 346 g/mol. The van der Waals surface area contributed by atoms with E-state index in [1.54, 1.807) is 18.4 Å². The number of carbonyl (C=O) groups excluding carboxylic acids is 2. The summed E-state index contributed by atoms with van der Waals surface area (Å²) >= 11 is 1.61. The lowest BCUT2D eigenvalue weighted by Crippen LogP contribution is -2.41. The van der Waals surface area contributed by atoms with E-state index in [9.17, 15) is 9.59 Å². The summed E-state index contributed by atoms with van der Waals surface area (Å²) in [5.41, 5.74) is 2.10. The van der Waals surface area contributed by atoms with Crippen LogP contribution in [-0.2, 0) is 20.9 Å². The summed E-state index contributed by atoms with van der Waals surface area (Å²) in [5.74, 6) is -1.30. The molecule has 0 aliphatic heterocycles. The van der Waals surface area contributed by atoms with Crippen molar-refractivity contribution in [2.75, 3.05) is 13.7 Å². The Labute approximate surface area is 146 Å². The van der Waals surface area contributed by atoms with Crippen LogP contribution in [0.2, 0.25) is 0 Å². The molecule has 0 radical (unpaired) electrons. The zero-order valence-electron chi connectivity index (χ0n) is 14.1. The Hall–Kier alpha value is -2.18. The normalized spacial score (nSPS) is 11.8. The van der Waals surface area contributed by atoms with E-state index in [1.165, 1.54) is 4.88 Å². The first-order valence-electron chi connectivity index (χ1n) is 7.70. The van der Waals surface area contributed by atoms with E-state index in [1.807, 2.05) is 50.2 Å². The lowest BCUT2D eigenvalue weighted by Gasteiger charge is -2.14. The fourth-order valence-electron chi connectivity index (χ4n) is 2.16. The first kappa shape index (κ1) is 18.2. The van der Waals surface area contributed by atoms with Crippen LogP contribution in [0.15, 0.2) is 36.4 Å².